The molecule has 0 aliphatic rings. The lowest BCUT2D eigenvalue weighted by atomic mass is 10.2. The summed E-state index contributed by atoms with van der Waals surface area (Å²) in [5.41, 5.74) is 0. The van der Waals surface area contributed by atoms with Gasteiger partial charge in [0.25, 0.3) is 0 Å². The predicted molar refractivity (Wildman–Crippen MR) is 20.8 cm³/mol. The zero-order valence-corrected chi connectivity index (χ0v) is 3.61. The van der Waals surface area contributed by atoms with Crippen LogP contribution in [0.2, 0.25) is 0 Å². The SMILES string of the molecule is CC(C#N)CF. The highest BCUT2D eigenvalue weighted by Crippen LogP contribution is 1.88. The fourth-order valence-electron chi connectivity index (χ4n) is 0.0345. The second-order valence-corrected chi connectivity index (χ2v) is 1.18. The third-order valence-corrected chi connectivity index (χ3v) is 0.452. The number of hydrogen-bond donors (Lipinski definition) is 0. The Bertz CT molecular complexity index is 64.4. The Morgan fingerprint density at radius 3 is 2.50 bits per heavy atom. The van der Waals surface area contributed by atoms with Crippen LogP contribution in [0.25, 0.3) is 0 Å². The summed E-state index contributed by atoms with van der Waals surface area (Å²) in [6.07, 6.45) is 0. The van der Waals surface area contributed by atoms with Crippen molar-refractivity contribution in [2.24, 2.45) is 5.92 Å². The Labute approximate surface area is 36.4 Å². The van der Waals surface area contributed by atoms with Crippen molar-refractivity contribution in [3.8, 4) is 6.07 Å². The molecule has 0 aliphatic carbocycles. The van der Waals surface area contributed by atoms with Gasteiger partial charge in [0.15, 0.2) is 0 Å². The molecule has 1 unspecified atom stereocenters. The third-order valence-electron chi connectivity index (χ3n) is 0.452. The minimum atomic E-state index is -0.531. The van der Waals surface area contributed by atoms with Crippen LogP contribution < -0.4 is 0 Å². The lowest BCUT2D eigenvalue weighted by molar-refractivity contribution is 0.435. The van der Waals surface area contributed by atoms with Crippen LogP contribution >= 0.6 is 0 Å². The van der Waals surface area contributed by atoms with E-state index in [1.54, 1.807) is 13.0 Å². The fraction of sp³-hybridized carbons (Fsp3) is 0.750. The number of nitriles is 1. The highest BCUT2D eigenvalue weighted by Gasteiger charge is 1.92. The first-order valence-electron chi connectivity index (χ1n) is 1.77. The molecule has 0 aromatic rings. The second kappa shape index (κ2) is 2.65. The number of nitrogens with zero attached hydrogens (tertiary/aromatic N) is 1. The molecule has 2 heteroatoms. The van der Waals surface area contributed by atoms with Crippen molar-refractivity contribution in [1.82, 2.24) is 0 Å². The zero-order valence-electron chi connectivity index (χ0n) is 3.61. The molecule has 0 heterocycles. The van der Waals surface area contributed by atoms with E-state index in [4.69, 9.17) is 5.26 Å². The smallest absolute Gasteiger partial charge is 0.105 e. The lowest BCUT2D eigenvalue weighted by Crippen LogP contribution is -1.88. The first-order chi connectivity index (χ1) is 2.81. The highest BCUT2D eigenvalue weighted by molar-refractivity contribution is 4.76. The van der Waals surface area contributed by atoms with Gasteiger partial charge in [-0.2, -0.15) is 5.26 Å². The molecule has 0 saturated carbocycles. The maximum Gasteiger partial charge on any atom is 0.105 e. The van der Waals surface area contributed by atoms with E-state index in [1.807, 2.05) is 0 Å². The van der Waals surface area contributed by atoms with Gasteiger partial charge in [0.1, 0.15) is 6.67 Å². The topological polar surface area (TPSA) is 23.8 Å². The van der Waals surface area contributed by atoms with Crippen molar-refractivity contribution in [2.45, 2.75) is 6.92 Å². The van der Waals surface area contributed by atoms with Crippen LogP contribution in [0.5, 0.6) is 0 Å². The van der Waals surface area contributed by atoms with E-state index in [2.05, 4.69) is 0 Å². The van der Waals surface area contributed by atoms with Gasteiger partial charge in [-0.15, -0.1) is 0 Å². The summed E-state index contributed by atoms with van der Waals surface area (Å²) < 4.78 is 11.2. The second-order valence-electron chi connectivity index (χ2n) is 1.18. The summed E-state index contributed by atoms with van der Waals surface area (Å²) in [6.45, 7) is 1.01. The summed E-state index contributed by atoms with van der Waals surface area (Å²) in [4.78, 5) is 0. The van der Waals surface area contributed by atoms with Crippen molar-refractivity contribution in [1.29, 1.82) is 5.26 Å². The Balaban J connectivity index is 3.04. The summed E-state index contributed by atoms with van der Waals surface area (Å²) in [5, 5.41) is 7.84. The maximum absolute atomic E-state index is 11.2. The molecule has 0 radical (unpaired) electrons. The number of alkyl halides is 1. The molecule has 0 aromatic heterocycles. The van der Waals surface area contributed by atoms with E-state index in [1.165, 1.54) is 0 Å². The van der Waals surface area contributed by atoms with Crippen LogP contribution in [0, 0.1) is 17.2 Å². The Hall–Kier alpha value is -0.580. The van der Waals surface area contributed by atoms with E-state index in [0.717, 1.165) is 0 Å². The molecule has 0 aromatic carbocycles. The van der Waals surface area contributed by atoms with Crippen molar-refractivity contribution in [3.63, 3.8) is 0 Å². The van der Waals surface area contributed by atoms with E-state index >= 15 is 0 Å². The summed E-state index contributed by atoms with van der Waals surface area (Å²) in [6, 6.07) is 1.74. The van der Waals surface area contributed by atoms with Crippen LogP contribution in [0.4, 0.5) is 4.39 Å². The Kier molecular flexibility index (Phi) is 2.39. The number of rotatable bonds is 1. The van der Waals surface area contributed by atoms with Gasteiger partial charge in [0.2, 0.25) is 0 Å². The molecule has 0 amide bonds. The van der Waals surface area contributed by atoms with E-state index in [0.29, 0.717) is 0 Å². The molecule has 1 atom stereocenters. The van der Waals surface area contributed by atoms with Crippen LogP contribution in [-0.2, 0) is 0 Å². The molecule has 0 aliphatic heterocycles. The average molecular weight is 87.1 g/mol. The van der Waals surface area contributed by atoms with Crippen LogP contribution in [-0.4, -0.2) is 6.67 Å². The molecular formula is C4H6FN. The summed E-state index contributed by atoms with van der Waals surface area (Å²) >= 11 is 0. The fourth-order valence-corrected chi connectivity index (χ4v) is 0.0345. The molecule has 1 nitrogen and oxygen atoms in total. The first kappa shape index (κ1) is 5.42. The van der Waals surface area contributed by atoms with Gasteiger partial charge < -0.3 is 0 Å². The van der Waals surface area contributed by atoms with Gasteiger partial charge in [-0.3, -0.25) is 0 Å². The van der Waals surface area contributed by atoms with Crippen LogP contribution in [0.15, 0.2) is 0 Å². The molecule has 0 spiro atoms. The van der Waals surface area contributed by atoms with Gasteiger partial charge in [0.05, 0.1) is 12.0 Å². The van der Waals surface area contributed by atoms with Crippen LogP contribution in [0.1, 0.15) is 6.92 Å². The van der Waals surface area contributed by atoms with Gasteiger partial charge in [-0.25, -0.2) is 4.39 Å². The third kappa shape index (κ3) is 1.71. The summed E-state index contributed by atoms with van der Waals surface area (Å²) in [5.74, 6) is -0.426. The van der Waals surface area contributed by atoms with E-state index < -0.39 is 12.6 Å². The number of hydrogen-bond acceptors (Lipinski definition) is 1. The molecular weight excluding hydrogens is 81.0 g/mol. The zero-order chi connectivity index (χ0) is 4.99. The average Bonchev–Trinajstić information content (AvgIpc) is 1.65. The number of halogens is 1. The van der Waals surface area contributed by atoms with E-state index in [9.17, 15) is 4.39 Å². The molecule has 0 N–H and O–H groups in total. The largest absolute Gasteiger partial charge is 0.250 e. The quantitative estimate of drug-likeness (QED) is 0.470. The maximum atomic E-state index is 11.2. The van der Waals surface area contributed by atoms with Gasteiger partial charge in [0, 0.05) is 0 Å². The van der Waals surface area contributed by atoms with Crippen molar-refractivity contribution >= 4 is 0 Å². The molecule has 0 bridgehead atoms. The first-order valence-corrected chi connectivity index (χ1v) is 1.77. The van der Waals surface area contributed by atoms with Gasteiger partial charge in [-0.05, 0) is 6.92 Å². The highest BCUT2D eigenvalue weighted by atomic mass is 19.1. The molecule has 0 rings (SSSR count). The minimum Gasteiger partial charge on any atom is -0.250 e. The monoisotopic (exact) mass is 87.0 g/mol. The molecule has 6 heavy (non-hydrogen) atoms. The Morgan fingerprint density at radius 1 is 2.00 bits per heavy atom. The predicted octanol–water partition coefficient (Wildman–Crippen LogP) is 1.12. The molecule has 34 valence electrons. The van der Waals surface area contributed by atoms with Crippen molar-refractivity contribution < 1.29 is 4.39 Å². The normalized spacial score (nSPS) is 12.8. The molecule has 0 saturated heterocycles. The Morgan fingerprint density at radius 2 is 2.50 bits per heavy atom. The standard InChI is InChI=1S/C4H6FN/c1-4(2-5)3-6/h4H,2H2,1H3. The van der Waals surface area contributed by atoms with Crippen molar-refractivity contribution in [2.75, 3.05) is 6.67 Å². The summed E-state index contributed by atoms with van der Waals surface area (Å²) in [7, 11) is 0. The van der Waals surface area contributed by atoms with Gasteiger partial charge >= 0.3 is 0 Å². The lowest BCUT2D eigenvalue weighted by Gasteiger charge is -1.84. The van der Waals surface area contributed by atoms with Crippen LogP contribution in [0.3, 0.4) is 0 Å². The van der Waals surface area contributed by atoms with E-state index in [-0.39, 0.29) is 0 Å². The van der Waals surface area contributed by atoms with Crippen molar-refractivity contribution in [3.05, 3.63) is 0 Å². The minimum absolute atomic E-state index is 0.426. The van der Waals surface area contributed by atoms with Gasteiger partial charge in [-0.1, -0.05) is 0 Å². The molecule has 0 fully saturated rings.